The van der Waals surface area contributed by atoms with Crippen molar-refractivity contribution in [1.29, 1.82) is 0 Å². The van der Waals surface area contributed by atoms with Crippen LogP contribution in [0.5, 0.6) is 0 Å². The second-order valence-corrected chi connectivity index (χ2v) is 7.41. The average Bonchev–Trinajstić information content (AvgIpc) is 3.11. The van der Waals surface area contributed by atoms with Crippen LogP contribution in [0.15, 0.2) is 40.8 Å². The molecule has 0 bridgehead atoms. The molecule has 1 saturated heterocycles. The van der Waals surface area contributed by atoms with Crippen molar-refractivity contribution in [3.63, 3.8) is 0 Å². The maximum Gasteiger partial charge on any atom is 0.291 e. The number of thioether (sulfide) groups is 1. The van der Waals surface area contributed by atoms with Crippen LogP contribution >= 0.6 is 11.8 Å². The molecule has 0 spiro atoms. The number of hydrogen-bond acceptors (Lipinski definition) is 4. The quantitative estimate of drug-likeness (QED) is 0.844. The molecule has 138 valence electrons. The second kappa shape index (κ2) is 8.45. The molecule has 2 aromatic rings. The highest BCUT2D eigenvalue weighted by Gasteiger charge is 2.26. The molecule has 1 unspecified atom stereocenters. The molecule has 1 aliphatic heterocycles. The van der Waals surface area contributed by atoms with Crippen LogP contribution in [0.2, 0.25) is 0 Å². The summed E-state index contributed by atoms with van der Waals surface area (Å²) in [5.41, 5.74) is 1.04. The summed E-state index contributed by atoms with van der Waals surface area (Å²) in [7, 11) is 0. The van der Waals surface area contributed by atoms with Crippen molar-refractivity contribution in [3.05, 3.63) is 53.5 Å². The number of amides is 2. The van der Waals surface area contributed by atoms with E-state index in [0.29, 0.717) is 11.3 Å². The maximum atomic E-state index is 13.0. The largest absolute Gasteiger partial charge is 0.455 e. The lowest BCUT2D eigenvalue weighted by Crippen LogP contribution is -2.42. The Balaban J connectivity index is 1.78. The zero-order chi connectivity index (χ0) is 18.5. The third kappa shape index (κ3) is 4.12. The fourth-order valence-electron chi connectivity index (χ4n) is 3.24. The number of piperidine rings is 1. The summed E-state index contributed by atoms with van der Waals surface area (Å²) in [5, 5.41) is 2.83. The van der Waals surface area contributed by atoms with E-state index in [1.807, 2.05) is 23.3 Å². The highest BCUT2D eigenvalue weighted by molar-refractivity contribution is 7.97. The van der Waals surface area contributed by atoms with Gasteiger partial charge in [-0.15, -0.1) is 0 Å². The smallest absolute Gasteiger partial charge is 0.291 e. The van der Waals surface area contributed by atoms with Gasteiger partial charge in [0.05, 0.1) is 17.0 Å². The molecule has 5 nitrogen and oxygen atoms in total. The lowest BCUT2D eigenvalue weighted by molar-refractivity contribution is 0.0636. The Morgan fingerprint density at radius 3 is 2.81 bits per heavy atom. The normalized spacial score (nSPS) is 17.2. The molecule has 1 atom stereocenters. The fourth-order valence-corrected chi connectivity index (χ4v) is 3.68. The van der Waals surface area contributed by atoms with Crippen molar-refractivity contribution < 1.29 is 14.0 Å². The molecule has 0 radical (unpaired) electrons. The maximum absolute atomic E-state index is 13.0. The summed E-state index contributed by atoms with van der Waals surface area (Å²) in [6, 6.07) is 10.8. The lowest BCUT2D eigenvalue weighted by Gasteiger charge is -2.33. The number of hydrogen-bond donors (Lipinski definition) is 1. The van der Waals surface area contributed by atoms with Gasteiger partial charge in [0.25, 0.3) is 11.8 Å². The highest BCUT2D eigenvalue weighted by Crippen LogP contribution is 2.24. The minimum atomic E-state index is -0.343. The van der Waals surface area contributed by atoms with Gasteiger partial charge < -0.3 is 14.6 Å². The first-order valence-electron chi connectivity index (χ1n) is 8.89. The van der Waals surface area contributed by atoms with Gasteiger partial charge in [-0.1, -0.05) is 12.1 Å². The summed E-state index contributed by atoms with van der Waals surface area (Å²) in [6.07, 6.45) is 5.17. The molecule has 1 N–H and O–H groups in total. The van der Waals surface area contributed by atoms with Gasteiger partial charge in [-0.3, -0.25) is 9.59 Å². The van der Waals surface area contributed by atoms with Gasteiger partial charge >= 0.3 is 0 Å². The Morgan fingerprint density at radius 1 is 1.23 bits per heavy atom. The van der Waals surface area contributed by atoms with E-state index in [1.54, 1.807) is 36.0 Å². The molecule has 1 fully saturated rings. The summed E-state index contributed by atoms with van der Waals surface area (Å²) >= 11 is 1.63. The van der Waals surface area contributed by atoms with Gasteiger partial charge in [0.1, 0.15) is 5.76 Å². The van der Waals surface area contributed by atoms with Gasteiger partial charge in [0.15, 0.2) is 5.76 Å². The van der Waals surface area contributed by atoms with E-state index in [0.717, 1.165) is 37.3 Å². The van der Waals surface area contributed by atoms with Gasteiger partial charge in [0.2, 0.25) is 0 Å². The van der Waals surface area contributed by atoms with Crippen molar-refractivity contribution >= 4 is 29.3 Å². The highest BCUT2D eigenvalue weighted by atomic mass is 32.2. The molecular formula is C20H24N2O3S. The number of nitrogens with one attached hydrogen (secondary N) is 1. The first kappa shape index (κ1) is 18.6. The van der Waals surface area contributed by atoms with Gasteiger partial charge in [-0.25, -0.2) is 0 Å². The SMILES string of the molecule is CSCc1ccc(C(=O)Nc2ccccc2C(=O)N2CCCCC2C)o1. The minimum absolute atomic E-state index is 0.0318. The number of furan rings is 1. The number of likely N-dealkylation sites (tertiary alicyclic amines) is 1. The summed E-state index contributed by atoms with van der Waals surface area (Å²) in [5.74, 6) is 1.35. The fraction of sp³-hybridized carbons (Fsp3) is 0.400. The number of rotatable bonds is 5. The Kier molecular flexibility index (Phi) is 6.04. The van der Waals surface area contributed by atoms with Crippen LogP contribution in [0.4, 0.5) is 5.69 Å². The number of nitrogens with zero attached hydrogens (tertiary/aromatic N) is 1. The Bertz CT molecular complexity index is 787. The monoisotopic (exact) mass is 372 g/mol. The molecule has 0 aliphatic carbocycles. The van der Waals surface area contributed by atoms with Crippen LogP contribution in [0.3, 0.4) is 0 Å². The van der Waals surface area contributed by atoms with Crippen LogP contribution in [-0.4, -0.2) is 35.6 Å². The van der Waals surface area contributed by atoms with Crippen molar-refractivity contribution in [3.8, 4) is 0 Å². The first-order valence-corrected chi connectivity index (χ1v) is 10.3. The molecule has 2 heterocycles. The third-order valence-corrected chi connectivity index (χ3v) is 5.21. The number of benzene rings is 1. The van der Waals surface area contributed by atoms with Crippen molar-refractivity contribution in [2.24, 2.45) is 0 Å². The molecule has 1 aromatic heterocycles. The Labute approximate surface area is 158 Å². The number of carbonyl (C=O) groups excluding carboxylic acids is 2. The van der Waals surface area contributed by atoms with E-state index in [4.69, 9.17) is 4.42 Å². The number of para-hydroxylation sites is 1. The molecule has 1 aliphatic rings. The number of carbonyl (C=O) groups is 2. The van der Waals surface area contributed by atoms with Gasteiger partial charge in [0, 0.05) is 12.6 Å². The summed E-state index contributed by atoms with van der Waals surface area (Å²) < 4.78 is 5.56. The van der Waals surface area contributed by atoms with Crippen molar-refractivity contribution in [2.75, 3.05) is 18.1 Å². The third-order valence-electron chi connectivity index (χ3n) is 4.64. The van der Waals surface area contributed by atoms with Crippen molar-refractivity contribution in [2.45, 2.75) is 38.0 Å². The molecule has 6 heteroatoms. The van der Waals surface area contributed by atoms with E-state index in [-0.39, 0.29) is 23.6 Å². The van der Waals surface area contributed by atoms with E-state index in [9.17, 15) is 9.59 Å². The molecule has 2 amide bonds. The zero-order valence-corrected chi connectivity index (χ0v) is 16.0. The summed E-state index contributed by atoms with van der Waals surface area (Å²) in [4.78, 5) is 27.4. The van der Waals surface area contributed by atoms with E-state index >= 15 is 0 Å². The Morgan fingerprint density at radius 2 is 2.04 bits per heavy atom. The summed E-state index contributed by atoms with van der Waals surface area (Å²) in [6.45, 7) is 2.84. The standard InChI is InChI=1S/C20H24N2O3S/c1-14-7-5-6-12-22(14)20(24)16-8-3-4-9-17(16)21-19(23)18-11-10-15(25-18)13-26-2/h3-4,8-11,14H,5-7,12-13H2,1-2H3,(H,21,23). The van der Waals surface area contributed by atoms with Gasteiger partial charge in [-0.2, -0.15) is 11.8 Å². The van der Waals surface area contributed by atoms with E-state index in [1.165, 1.54) is 0 Å². The average molecular weight is 372 g/mol. The minimum Gasteiger partial charge on any atom is -0.455 e. The van der Waals surface area contributed by atoms with E-state index < -0.39 is 0 Å². The molecule has 26 heavy (non-hydrogen) atoms. The van der Waals surface area contributed by atoms with Gasteiger partial charge in [-0.05, 0) is 56.7 Å². The zero-order valence-electron chi connectivity index (χ0n) is 15.2. The lowest BCUT2D eigenvalue weighted by atomic mass is 10.0. The van der Waals surface area contributed by atoms with Crippen LogP contribution < -0.4 is 5.32 Å². The first-order chi connectivity index (χ1) is 12.6. The van der Waals surface area contributed by atoms with Crippen LogP contribution in [0.1, 0.15) is 52.9 Å². The van der Waals surface area contributed by atoms with Crippen LogP contribution in [0.25, 0.3) is 0 Å². The topological polar surface area (TPSA) is 62.6 Å². The predicted octanol–water partition coefficient (Wildman–Crippen LogP) is 4.41. The molecule has 3 rings (SSSR count). The predicted molar refractivity (Wildman–Crippen MR) is 105 cm³/mol. The second-order valence-electron chi connectivity index (χ2n) is 6.54. The van der Waals surface area contributed by atoms with Crippen LogP contribution in [-0.2, 0) is 5.75 Å². The molecular weight excluding hydrogens is 348 g/mol. The number of anilines is 1. The molecule has 1 aromatic carbocycles. The van der Waals surface area contributed by atoms with E-state index in [2.05, 4.69) is 12.2 Å². The Hall–Kier alpha value is -2.21. The molecule has 0 saturated carbocycles. The van der Waals surface area contributed by atoms with Crippen LogP contribution in [0, 0.1) is 0 Å². The van der Waals surface area contributed by atoms with Crippen molar-refractivity contribution in [1.82, 2.24) is 4.90 Å².